The molecule has 1 heterocycles. The summed E-state index contributed by atoms with van der Waals surface area (Å²) in [6.45, 7) is 8.30. The SMILES string of the molecule is CC1(C)CC(=O)CC(C)(C)N1.N.O. The molecule has 0 atom stereocenters. The monoisotopic (exact) mass is 190 g/mol. The van der Waals surface area contributed by atoms with Crippen LogP contribution in [-0.4, -0.2) is 22.3 Å². The molecule has 0 aromatic carbocycles. The van der Waals surface area contributed by atoms with Crippen molar-refractivity contribution < 1.29 is 10.3 Å². The van der Waals surface area contributed by atoms with Crippen molar-refractivity contribution in [3.63, 3.8) is 0 Å². The second-order valence-corrected chi connectivity index (χ2v) is 4.78. The van der Waals surface area contributed by atoms with Gasteiger partial charge in [-0.2, -0.15) is 0 Å². The summed E-state index contributed by atoms with van der Waals surface area (Å²) in [5, 5.41) is 3.44. The number of ketones is 1. The Labute approximate surface area is 80.0 Å². The van der Waals surface area contributed by atoms with Crippen LogP contribution in [0.5, 0.6) is 0 Å². The fourth-order valence-corrected chi connectivity index (χ4v) is 2.05. The lowest BCUT2D eigenvalue weighted by Crippen LogP contribution is -2.58. The molecule has 13 heavy (non-hydrogen) atoms. The van der Waals surface area contributed by atoms with Crippen molar-refractivity contribution >= 4 is 5.78 Å². The summed E-state index contributed by atoms with van der Waals surface area (Å²) in [7, 11) is 0. The topological polar surface area (TPSA) is 95.6 Å². The molecule has 0 radical (unpaired) electrons. The first-order valence-corrected chi connectivity index (χ1v) is 4.12. The molecule has 4 heteroatoms. The van der Waals surface area contributed by atoms with Crippen LogP contribution >= 0.6 is 0 Å². The van der Waals surface area contributed by atoms with Crippen LogP contribution in [0.25, 0.3) is 0 Å². The van der Waals surface area contributed by atoms with Crippen LogP contribution in [0.15, 0.2) is 0 Å². The normalized spacial score (nSPS) is 24.2. The molecule has 1 saturated heterocycles. The number of carbonyl (C=O) groups is 1. The highest BCUT2D eigenvalue weighted by Gasteiger charge is 2.36. The van der Waals surface area contributed by atoms with Gasteiger partial charge in [-0.05, 0) is 27.7 Å². The van der Waals surface area contributed by atoms with Crippen LogP contribution in [0.4, 0.5) is 0 Å². The van der Waals surface area contributed by atoms with E-state index in [1.807, 2.05) is 0 Å². The van der Waals surface area contributed by atoms with Gasteiger partial charge in [-0.1, -0.05) is 0 Å². The molecular weight excluding hydrogens is 168 g/mol. The standard InChI is InChI=1S/C9H17NO.H3N.H2O/c1-8(2)5-7(11)6-9(3,4)10-8;;/h10H,5-6H2,1-4H3;1H3;1H2. The lowest BCUT2D eigenvalue weighted by Gasteiger charge is -2.41. The third-order valence-corrected chi connectivity index (χ3v) is 1.95. The zero-order valence-electron chi connectivity index (χ0n) is 9.03. The van der Waals surface area contributed by atoms with Gasteiger partial charge >= 0.3 is 0 Å². The van der Waals surface area contributed by atoms with Crippen LogP contribution < -0.4 is 11.5 Å². The minimum atomic E-state index is -0.0150. The molecule has 0 saturated carbocycles. The van der Waals surface area contributed by atoms with E-state index < -0.39 is 0 Å². The van der Waals surface area contributed by atoms with Gasteiger partial charge in [0, 0.05) is 23.9 Å². The van der Waals surface area contributed by atoms with E-state index in [1.54, 1.807) is 0 Å². The van der Waals surface area contributed by atoms with Crippen molar-refractivity contribution in [2.24, 2.45) is 0 Å². The van der Waals surface area contributed by atoms with Gasteiger partial charge in [-0.25, -0.2) is 0 Å². The van der Waals surface area contributed by atoms with E-state index in [0.717, 1.165) is 0 Å². The molecule has 1 aliphatic rings. The number of hydrogen-bond acceptors (Lipinski definition) is 3. The van der Waals surface area contributed by atoms with Gasteiger partial charge in [-0.15, -0.1) is 0 Å². The van der Waals surface area contributed by atoms with E-state index in [1.165, 1.54) is 0 Å². The lowest BCUT2D eigenvalue weighted by molar-refractivity contribution is -0.124. The van der Waals surface area contributed by atoms with Crippen LogP contribution in [-0.2, 0) is 4.79 Å². The third-order valence-electron chi connectivity index (χ3n) is 1.95. The molecule has 6 N–H and O–H groups in total. The van der Waals surface area contributed by atoms with Gasteiger partial charge in [0.05, 0.1) is 0 Å². The minimum Gasteiger partial charge on any atom is -0.412 e. The zero-order chi connectivity index (χ0) is 8.70. The Bertz CT molecular complexity index is 170. The van der Waals surface area contributed by atoms with Gasteiger partial charge < -0.3 is 16.9 Å². The molecule has 1 aliphatic heterocycles. The minimum absolute atomic E-state index is 0. The van der Waals surface area contributed by atoms with Gasteiger partial charge in [0.2, 0.25) is 0 Å². The second kappa shape index (κ2) is 4.17. The fraction of sp³-hybridized carbons (Fsp3) is 0.889. The molecule has 80 valence electrons. The number of hydrogen-bond donors (Lipinski definition) is 2. The molecule has 1 fully saturated rings. The predicted molar refractivity (Wildman–Crippen MR) is 54.2 cm³/mol. The van der Waals surface area contributed by atoms with Crippen molar-refractivity contribution in [2.45, 2.75) is 51.6 Å². The molecule has 0 aromatic heterocycles. The Morgan fingerprint density at radius 2 is 1.38 bits per heavy atom. The highest BCUT2D eigenvalue weighted by atomic mass is 16.1. The Hall–Kier alpha value is -0.450. The summed E-state index contributed by atoms with van der Waals surface area (Å²) in [5.74, 6) is 0.374. The Morgan fingerprint density at radius 3 is 1.62 bits per heavy atom. The molecule has 0 unspecified atom stereocenters. The molecule has 1 rings (SSSR count). The summed E-state index contributed by atoms with van der Waals surface area (Å²) in [6.07, 6.45) is 1.33. The Kier molecular flexibility index (Phi) is 4.83. The van der Waals surface area contributed by atoms with Crippen molar-refractivity contribution in [1.29, 1.82) is 0 Å². The van der Waals surface area contributed by atoms with Crippen LogP contribution in [0.2, 0.25) is 0 Å². The van der Waals surface area contributed by atoms with E-state index >= 15 is 0 Å². The Balaban J connectivity index is 0. The second-order valence-electron chi connectivity index (χ2n) is 4.78. The van der Waals surface area contributed by atoms with E-state index in [2.05, 4.69) is 33.0 Å². The molecule has 0 spiro atoms. The Morgan fingerprint density at radius 1 is 1.08 bits per heavy atom. The van der Waals surface area contributed by atoms with E-state index in [-0.39, 0.29) is 22.7 Å². The number of piperidine rings is 1. The molecule has 0 bridgehead atoms. The average Bonchev–Trinajstić information content (AvgIpc) is 1.49. The summed E-state index contributed by atoms with van der Waals surface area (Å²) in [6, 6.07) is 0. The molecular formula is C9H22N2O2. The van der Waals surface area contributed by atoms with Crippen LogP contribution in [0.1, 0.15) is 40.5 Å². The highest BCUT2D eigenvalue weighted by Crippen LogP contribution is 2.25. The summed E-state index contributed by atoms with van der Waals surface area (Å²) in [5.41, 5.74) is -0.0301. The largest absolute Gasteiger partial charge is 0.412 e. The maximum atomic E-state index is 11.3. The van der Waals surface area contributed by atoms with Crippen LogP contribution in [0.3, 0.4) is 0 Å². The first-order chi connectivity index (χ1) is 4.81. The quantitative estimate of drug-likeness (QED) is 0.592. The summed E-state index contributed by atoms with van der Waals surface area (Å²) < 4.78 is 0. The summed E-state index contributed by atoms with van der Waals surface area (Å²) >= 11 is 0. The lowest BCUT2D eigenvalue weighted by atomic mass is 9.82. The highest BCUT2D eigenvalue weighted by molar-refractivity contribution is 5.81. The van der Waals surface area contributed by atoms with Gasteiger partial charge in [0.15, 0.2) is 0 Å². The average molecular weight is 190 g/mol. The van der Waals surface area contributed by atoms with Crippen LogP contribution in [0, 0.1) is 0 Å². The number of rotatable bonds is 0. The first-order valence-electron chi connectivity index (χ1n) is 4.12. The predicted octanol–water partition coefficient (Wildman–Crippen LogP) is 0.833. The van der Waals surface area contributed by atoms with E-state index in [4.69, 9.17) is 0 Å². The first kappa shape index (κ1) is 15.0. The van der Waals surface area contributed by atoms with Crippen molar-refractivity contribution in [3.8, 4) is 0 Å². The molecule has 0 aromatic rings. The maximum Gasteiger partial charge on any atom is 0.136 e. The summed E-state index contributed by atoms with van der Waals surface area (Å²) in [4.78, 5) is 11.3. The van der Waals surface area contributed by atoms with Gasteiger partial charge in [-0.3, -0.25) is 4.79 Å². The molecule has 0 amide bonds. The maximum absolute atomic E-state index is 11.3. The van der Waals surface area contributed by atoms with Gasteiger partial charge in [0.25, 0.3) is 0 Å². The van der Waals surface area contributed by atoms with Crippen molar-refractivity contribution in [1.82, 2.24) is 11.5 Å². The van der Waals surface area contributed by atoms with Gasteiger partial charge in [0.1, 0.15) is 5.78 Å². The van der Waals surface area contributed by atoms with E-state index in [0.29, 0.717) is 18.6 Å². The van der Waals surface area contributed by atoms with E-state index in [9.17, 15) is 4.79 Å². The zero-order valence-corrected chi connectivity index (χ0v) is 9.03. The number of nitrogens with one attached hydrogen (secondary N) is 1. The third kappa shape index (κ3) is 4.36. The number of Topliss-reactive ketones (excluding diaryl/α,β-unsaturated/α-hetero) is 1. The fourth-order valence-electron chi connectivity index (χ4n) is 2.05. The number of carbonyl (C=O) groups excluding carboxylic acids is 1. The van der Waals surface area contributed by atoms with Crippen molar-refractivity contribution in [2.75, 3.05) is 0 Å². The molecule has 0 aliphatic carbocycles. The van der Waals surface area contributed by atoms with Crippen molar-refractivity contribution in [3.05, 3.63) is 0 Å². The smallest absolute Gasteiger partial charge is 0.136 e. The molecule has 4 nitrogen and oxygen atoms in total.